The maximum atomic E-state index is 13.2. The Bertz CT molecular complexity index is 885. The van der Waals surface area contributed by atoms with Gasteiger partial charge in [0, 0.05) is 43.1 Å². The number of carbonyl (C=O) groups is 2. The van der Waals surface area contributed by atoms with Crippen LogP contribution in [0.25, 0.3) is 0 Å². The Morgan fingerprint density at radius 3 is 2.39 bits per heavy atom. The first-order valence-corrected chi connectivity index (χ1v) is 11.5. The number of hydrogen-bond acceptors (Lipinski definition) is 5. The molecule has 7 heteroatoms. The topological polar surface area (TPSA) is 53.1 Å². The normalized spacial score (nSPS) is 19.2. The van der Waals surface area contributed by atoms with Gasteiger partial charge in [-0.2, -0.15) is 12.6 Å². The van der Waals surface area contributed by atoms with Gasteiger partial charge in [0.05, 0.1) is 25.0 Å². The molecule has 2 aliphatic rings. The van der Waals surface area contributed by atoms with Crippen LogP contribution in [0, 0.1) is 0 Å². The van der Waals surface area contributed by atoms with Crippen LogP contribution in [0.4, 0.5) is 11.4 Å². The number of para-hydroxylation sites is 1. The number of benzene rings is 2. The highest BCUT2D eigenvalue weighted by molar-refractivity contribution is 7.81. The second kappa shape index (κ2) is 10.2. The van der Waals surface area contributed by atoms with Crippen molar-refractivity contribution in [1.82, 2.24) is 4.90 Å². The average Bonchev–Trinajstić information content (AvgIpc) is 2.85. The van der Waals surface area contributed by atoms with Crippen LogP contribution in [0.15, 0.2) is 54.6 Å². The van der Waals surface area contributed by atoms with Gasteiger partial charge in [-0.15, -0.1) is 0 Å². The highest BCUT2D eigenvalue weighted by Gasteiger charge is 2.31. The molecule has 0 saturated carbocycles. The van der Waals surface area contributed by atoms with Gasteiger partial charge in [0.25, 0.3) is 5.91 Å². The van der Waals surface area contributed by atoms with E-state index in [-0.39, 0.29) is 23.6 Å². The third kappa shape index (κ3) is 5.05. The Balaban J connectivity index is 1.47. The van der Waals surface area contributed by atoms with E-state index in [1.165, 1.54) is 0 Å². The number of thiol groups is 1. The number of ether oxygens (including phenoxy) is 1. The van der Waals surface area contributed by atoms with Gasteiger partial charge >= 0.3 is 0 Å². The lowest BCUT2D eigenvalue weighted by Crippen LogP contribution is -2.52. The fourth-order valence-corrected chi connectivity index (χ4v) is 4.54. The monoisotopic (exact) mass is 439 g/mol. The van der Waals surface area contributed by atoms with E-state index in [1.807, 2.05) is 64.4 Å². The van der Waals surface area contributed by atoms with Crippen LogP contribution in [0.5, 0.6) is 0 Å². The van der Waals surface area contributed by atoms with Gasteiger partial charge in [-0.1, -0.05) is 18.2 Å². The summed E-state index contributed by atoms with van der Waals surface area (Å²) in [5.41, 5.74) is 2.66. The molecule has 0 aromatic heterocycles. The zero-order valence-electron chi connectivity index (χ0n) is 17.7. The molecule has 2 amide bonds. The zero-order valence-corrected chi connectivity index (χ0v) is 18.5. The fraction of sp³-hybridized carbons (Fsp3) is 0.417. The van der Waals surface area contributed by atoms with E-state index in [9.17, 15) is 9.59 Å². The summed E-state index contributed by atoms with van der Waals surface area (Å²) in [5, 5.41) is 0. The molecule has 2 aliphatic heterocycles. The quantitative estimate of drug-likeness (QED) is 0.728. The van der Waals surface area contributed by atoms with Crippen molar-refractivity contribution < 1.29 is 14.3 Å². The van der Waals surface area contributed by atoms with E-state index in [1.54, 1.807) is 0 Å². The summed E-state index contributed by atoms with van der Waals surface area (Å²) in [6.45, 7) is 4.44. The van der Waals surface area contributed by atoms with Crippen molar-refractivity contribution in [2.45, 2.75) is 18.9 Å². The Morgan fingerprint density at radius 1 is 1.00 bits per heavy atom. The number of piperidine rings is 1. The molecule has 2 fully saturated rings. The molecule has 6 nitrogen and oxygen atoms in total. The molecule has 0 radical (unpaired) electrons. The molecular weight excluding hydrogens is 410 g/mol. The van der Waals surface area contributed by atoms with E-state index >= 15 is 0 Å². The number of amides is 2. The minimum absolute atomic E-state index is 0.0181. The van der Waals surface area contributed by atoms with Crippen LogP contribution < -0.4 is 9.80 Å². The minimum atomic E-state index is -0.0487. The summed E-state index contributed by atoms with van der Waals surface area (Å²) in [4.78, 5) is 31.8. The van der Waals surface area contributed by atoms with Gasteiger partial charge in [-0.3, -0.25) is 9.59 Å². The van der Waals surface area contributed by atoms with Gasteiger partial charge in [-0.05, 0) is 49.2 Å². The molecule has 0 aliphatic carbocycles. The molecule has 2 saturated heterocycles. The molecule has 2 heterocycles. The van der Waals surface area contributed by atoms with Crippen LogP contribution >= 0.6 is 12.6 Å². The van der Waals surface area contributed by atoms with E-state index in [0.717, 1.165) is 50.5 Å². The van der Waals surface area contributed by atoms with Crippen LogP contribution in [0.3, 0.4) is 0 Å². The predicted molar refractivity (Wildman–Crippen MR) is 126 cm³/mol. The number of carbonyl (C=O) groups excluding carboxylic acids is 2. The van der Waals surface area contributed by atoms with Crippen LogP contribution in [0.2, 0.25) is 0 Å². The first-order valence-electron chi connectivity index (χ1n) is 10.9. The average molecular weight is 440 g/mol. The standard InChI is InChI=1S/C24H29N3O3S/c28-23(18-31)27(21-5-2-1-3-6-21)22-7-4-12-26(17-22)24(29)19-8-10-20(11-9-19)25-13-15-30-16-14-25/h1-3,5-6,8-11,22,31H,4,7,12-18H2/t22-/m1/s1. The molecule has 0 unspecified atom stereocenters. The summed E-state index contributed by atoms with van der Waals surface area (Å²) >= 11 is 4.21. The molecule has 0 N–H and O–H groups in total. The Labute approximate surface area is 189 Å². The van der Waals surface area contributed by atoms with E-state index in [4.69, 9.17) is 4.74 Å². The lowest BCUT2D eigenvalue weighted by molar-refractivity contribution is -0.116. The van der Waals surface area contributed by atoms with Gasteiger partial charge in [0.15, 0.2) is 0 Å². The maximum absolute atomic E-state index is 13.2. The van der Waals surface area contributed by atoms with Crippen molar-refractivity contribution in [3.63, 3.8) is 0 Å². The largest absolute Gasteiger partial charge is 0.378 e. The SMILES string of the molecule is O=C(c1ccc(N2CCOCC2)cc1)N1CCC[C@@H](N(C(=O)CS)c2ccccc2)C1. The van der Waals surface area contributed by atoms with Crippen LogP contribution in [-0.2, 0) is 9.53 Å². The molecule has 164 valence electrons. The van der Waals surface area contributed by atoms with Crippen molar-refractivity contribution >= 4 is 35.8 Å². The number of nitrogens with zero attached hydrogens (tertiary/aromatic N) is 3. The molecule has 31 heavy (non-hydrogen) atoms. The van der Waals surface area contributed by atoms with Gasteiger partial charge in [0.2, 0.25) is 5.91 Å². The smallest absolute Gasteiger partial charge is 0.253 e. The molecule has 2 aromatic carbocycles. The van der Waals surface area contributed by atoms with Crippen molar-refractivity contribution in [2.24, 2.45) is 0 Å². The third-order valence-corrected chi connectivity index (χ3v) is 6.25. The lowest BCUT2D eigenvalue weighted by atomic mass is 10.0. The number of rotatable bonds is 5. The molecule has 4 rings (SSSR count). The highest BCUT2D eigenvalue weighted by Crippen LogP contribution is 2.25. The molecule has 2 aromatic rings. The van der Waals surface area contributed by atoms with Crippen molar-refractivity contribution in [3.8, 4) is 0 Å². The maximum Gasteiger partial charge on any atom is 0.253 e. The van der Waals surface area contributed by atoms with Crippen molar-refractivity contribution in [3.05, 3.63) is 60.2 Å². The van der Waals surface area contributed by atoms with Crippen molar-refractivity contribution in [1.29, 1.82) is 0 Å². The summed E-state index contributed by atoms with van der Waals surface area (Å²) < 4.78 is 5.41. The van der Waals surface area contributed by atoms with E-state index < -0.39 is 0 Å². The fourth-order valence-electron chi connectivity index (χ4n) is 4.39. The van der Waals surface area contributed by atoms with Gasteiger partial charge in [-0.25, -0.2) is 0 Å². The first kappa shape index (κ1) is 21.7. The number of hydrogen-bond donors (Lipinski definition) is 1. The minimum Gasteiger partial charge on any atom is -0.378 e. The van der Waals surface area contributed by atoms with Crippen LogP contribution in [-0.4, -0.2) is 67.9 Å². The van der Waals surface area contributed by atoms with E-state index in [2.05, 4.69) is 17.5 Å². The highest BCUT2D eigenvalue weighted by atomic mass is 32.1. The number of anilines is 2. The molecular formula is C24H29N3O3S. The zero-order chi connectivity index (χ0) is 21.6. The van der Waals surface area contributed by atoms with Crippen molar-refractivity contribution in [2.75, 3.05) is 54.9 Å². The van der Waals surface area contributed by atoms with E-state index in [0.29, 0.717) is 18.7 Å². The number of morpholine rings is 1. The van der Waals surface area contributed by atoms with Gasteiger partial charge < -0.3 is 19.4 Å². The Kier molecular flexibility index (Phi) is 7.14. The Morgan fingerprint density at radius 2 is 1.71 bits per heavy atom. The summed E-state index contributed by atoms with van der Waals surface area (Å²) in [6, 6.07) is 17.5. The molecule has 0 spiro atoms. The summed E-state index contributed by atoms with van der Waals surface area (Å²) in [5.74, 6) is 0.121. The van der Waals surface area contributed by atoms with Gasteiger partial charge in [0.1, 0.15) is 0 Å². The number of likely N-dealkylation sites (tertiary alicyclic amines) is 1. The second-order valence-corrected chi connectivity index (χ2v) is 8.27. The molecule has 1 atom stereocenters. The van der Waals surface area contributed by atoms with Crippen LogP contribution in [0.1, 0.15) is 23.2 Å². The second-order valence-electron chi connectivity index (χ2n) is 7.95. The summed E-state index contributed by atoms with van der Waals surface area (Å²) in [6.07, 6.45) is 1.74. The lowest BCUT2D eigenvalue weighted by Gasteiger charge is -2.39. The molecule has 0 bridgehead atoms. The predicted octanol–water partition coefficient (Wildman–Crippen LogP) is 3.09. The first-order chi connectivity index (χ1) is 15.2. The summed E-state index contributed by atoms with van der Waals surface area (Å²) in [7, 11) is 0. The Hall–Kier alpha value is -2.51. The third-order valence-electron chi connectivity index (χ3n) is 5.98.